The summed E-state index contributed by atoms with van der Waals surface area (Å²) in [6.07, 6.45) is 6.91. The molecule has 2 aromatic heterocycles. The third kappa shape index (κ3) is 2.24. The standard InChI is InChI=1S/C42H35N5/c1-39(2)24-12-7-8-16-30(24)46-32-20-18-28-37-34(32)42(33-31(19-17-27(39)36(33)46)44-22-11-23-45(42)44)43-21-10-15-29-38(43)47(37)35-25(40(28,3)4)13-9-14-26(35)41(29,5)6/h7-23H,1-6H3/q+2. The van der Waals surface area contributed by atoms with E-state index in [-0.39, 0.29) is 16.2 Å². The zero-order chi connectivity index (χ0) is 31.6. The van der Waals surface area contributed by atoms with E-state index in [9.17, 15) is 0 Å². The van der Waals surface area contributed by atoms with Crippen LogP contribution in [0.25, 0.3) is 5.69 Å². The van der Waals surface area contributed by atoms with Crippen LogP contribution in [0.2, 0.25) is 0 Å². The van der Waals surface area contributed by atoms with Crippen molar-refractivity contribution in [2.24, 2.45) is 0 Å². The second-order valence-electron chi connectivity index (χ2n) is 15.9. The van der Waals surface area contributed by atoms with Crippen molar-refractivity contribution in [1.29, 1.82) is 0 Å². The van der Waals surface area contributed by atoms with Gasteiger partial charge in [-0.2, -0.15) is 9.47 Å². The molecular weight excluding hydrogens is 574 g/mol. The van der Waals surface area contributed by atoms with E-state index in [2.05, 4.69) is 169 Å². The lowest BCUT2D eigenvalue weighted by molar-refractivity contribution is -0.991. The Morgan fingerprint density at radius 3 is 1.85 bits per heavy atom. The van der Waals surface area contributed by atoms with E-state index in [0.717, 1.165) is 0 Å². The third-order valence-corrected chi connectivity index (χ3v) is 12.9. The highest BCUT2D eigenvalue weighted by Gasteiger charge is 2.73. The Morgan fingerprint density at radius 1 is 0.468 bits per heavy atom. The molecule has 0 radical (unpaired) electrons. The first kappa shape index (κ1) is 25.0. The molecule has 12 rings (SSSR count). The van der Waals surface area contributed by atoms with Gasteiger partial charge in [0.2, 0.25) is 6.20 Å². The lowest BCUT2D eigenvalue weighted by atomic mass is 9.63. The summed E-state index contributed by atoms with van der Waals surface area (Å²) < 4.78 is 7.57. The summed E-state index contributed by atoms with van der Waals surface area (Å²) in [5, 5.41) is 0. The predicted octanol–water partition coefficient (Wildman–Crippen LogP) is 8.15. The first-order chi connectivity index (χ1) is 22.6. The van der Waals surface area contributed by atoms with Gasteiger partial charge in [-0.3, -0.25) is 0 Å². The maximum absolute atomic E-state index is 2.66. The summed E-state index contributed by atoms with van der Waals surface area (Å²) in [7, 11) is 0. The van der Waals surface area contributed by atoms with Crippen molar-refractivity contribution >= 4 is 34.3 Å². The van der Waals surface area contributed by atoms with Crippen LogP contribution < -0.4 is 19.0 Å². The number of hydrogen-bond donors (Lipinski definition) is 0. The summed E-state index contributed by atoms with van der Waals surface area (Å²) in [6, 6.07) is 32.7. The van der Waals surface area contributed by atoms with Crippen LogP contribution in [-0.2, 0) is 21.9 Å². The molecule has 0 amide bonds. The van der Waals surface area contributed by atoms with Gasteiger partial charge in [0.05, 0.1) is 35.0 Å². The number of nitrogens with zero attached hydrogens (tertiary/aromatic N) is 5. The molecule has 5 nitrogen and oxygen atoms in total. The second-order valence-corrected chi connectivity index (χ2v) is 15.9. The maximum Gasteiger partial charge on any atom is 0.394 e. The summed E-state index contributed by atoms with van der Waals surface area (Å²) in [6.45, 7) is 14.5. The zero-order valence-electron chi connectivity index (χ0n) is 27.6. The highest BCUT2D eigenvalue weighted by atomic mass is 15.5. The fraction of sp³-hybridized carbons (Fsp3) is 0.238. The molecular formula is C42H35N5+2. The first-order valence-corrected chi connectivity index (χ1v) is 17.0. The van der Waals surface area contributed by atoms with E-state index >= 15 is 0 Å². The largest absolute Gasteiger partial charge is 0.394 e. The van der Waals surface area contributed by atoms with Gasteiger partial charge in [-0.25, -0.2) is 0 Å². The van der Waals surface area contributed by atoms with Gasteiger partial charge in [0.1, 0.15) is 22.5 Å². The molecule has 0 fully saturated rings. The Balaban J connectivity index is 1.37. The smallest absolute Gasteiger partial charge is 0.308 e. The minimum Gasteiger partial charge on any atom is -0.308 e. The molecule has 1 spiro atoms. The van der Waals surface area contributed by atoms with E-state index < -0.39 is 5.66 Å². The van der Waals surface area contributed by atoms with Crippen molar-refractivity contribution in [3.8, 4) is 5.69 Å². The number of para-hydroxylation sites is 2. The van der Waals surface area contributed by atoms with E-state index in [1.807, 2.05) is 0 Å². The van der Waals surface area contributed by atoms with Gasteiger partial charge in [0, 0.05) is 39.0 Å². The molecule has 4 aromatic carbocycles. The third-order valence-electron chi connectivity index (χ3n) is 12.9. The summed E-state index contributed by atoms with van der Waals surface area (Å²) in [5.74, 6) is 1.29. The molecule has 0 N–H and O–H groups in total. The molecule has 0 aliphatic carbocycles. The van der Waals surface area contributed by atoms with Crippen LogP contribution >= 0.6 is 0 Å². The van der Waals surface area contributed by atoms with Gasteiger partial charge >= 0.3 is 5.66 Å². The molecule has 5 heteroatoms. The lowest BCUT2D eigenvalue weighted by Crippen LogP contribution is -2.78. The van der Waals surface area contributed by atoms with Crippen LogP contribution in [0, 0.1) is 0 Å². The number of fused-ring (bicyclic) bond motifs is 5. The van der Waals surface area contributed by atoms with Crippen molar-refractivity contribution in [3.63, 3.8) is 0 Å². The molecule has 0 saturated heterocycles. The van der Waals surface area contributed by atoms with Gasteiger partial charge in [-0.1, -0.05) is 94.8 Å². The van der Waals surface area contributed by atoms with E-state index in [1.54, 1.807) is 0 Å². The normalized spacial score (nSPS) is 21.9. The quantitative estimate of drug-likeness (QED) is 0.162. The molecule has 226 valence electrons. The summed E-state index contributed by atoms with van der Waals surface area (Å²) >= 11 is 0. The number of benzene rings is 4. The highest BCUT2D eigenvalue weighted by Crippen LogP contribution is 2.68. The topological polar surface area (TPSA) is 19.2 Å². The van der Waals surface area contributed by atoms with Crippen molar-refractivity contribution in [2.75, 3.05) is 9.80 Å². The summed E-state index contributed by atoms with van der Waals surface area (Å²) in [5.41, 5.74) is 17.8. The minimum atomic E-state index is -0.610. The maximum atomic E-state index is 2.66. The zero-order valence-corrected chi connectivity index (χ0v) is 27.6. The fourth-order valence-electron chi connectivity index (χ4n) is 10.8. The van der Waals surface area contributed by atoms with E-state index in [0.29, 0.717) is 0 Å². The number of anilines is 6. The van der Waals surface area contributed by atoms with Gasteiger partial charge < -0.3 is 4.90 Å². The van der Waals surface area contributed by atoms with Crippen LogP contribution in [0.5, 0.6) is 0 Å². The number of hydrogen-bond acceptors (Lipinski definition) is 2. The molecule has 1 unspecified atom stereocenters. The van der Waals surface area contributed by atoms with Gasteiger partial charge in [-0.05, 0) is 41.5 Å². The highest BCUT2D eigenvalue weighted by molar-refractivity contribution is 6.01. The average molecular weight is 610 g/mol. The van der Waals surface area contributed by atoms with Gasteiger partial charge in [-0.15, -0.1) is 4.68 Å². The van der Waals surface area contributed by atoms with Crippen molar-refractivity contribution in [1.82, 2.24) is 4.68 Å². The monoisotopic (exact) mass is 609 g/mol. The van der Waals surface area contributed by atoms with Crippen molar-refractivity contribution in [3.05, 3.63) is 148 Å². The van der Waals surface area contributed by atoms with E-state index in [4.69, 9.17) is 0 Å². The molecule has 1 atom stereocenters. The van der Waals surface area contributed by atoms with Gasteiger partial charge in [0.25, 0.3) is 5.82 Å². The Bertz CT molecular complexity index is 2520. The van der Waals surface area contributed by atoms with Crippen LogP contribution in [0.1, 0.15) is 86.1 Å². The Morgan fingerprint density at radius 2 is 1.06 bits per heavy atom. The molecule has 6 aliphatic rings. The molecule has 6 aromatic rings. The number of aromatic nitrogens is 3. The predicted molar refractivity (Wildman–Crippen MR) is 183 cm³/mol. The molecule has 8 heterocycles. The van der Waals surface area contributed by atoms with Crippen LogP contribution in [0.4, 0.5) is 34.3 Å². The molecule has 0 bridgehead atoms. The van der Waals surface area contributed by atoms with Crippen LogP contribution in [0.15, 0.2) is 104 Å². The summed E-state index contributed by atoms with van der Waals surface area (Å²) in [4.78, 5) is 5.28. The Hall–Kier alpha value is -5.16. The van der Waals surface area contributed by atoms with E-state index in [1.165, 1.54) is 84.4 Å². The molecule has 0 saturated carbocycles. The van der Waals surface area contributed by atoms with Crippen LogP contribution in [0.3, 0.4) is 0 Å². The second kappa shape index (κ2) is 7.06. The van der Waals surface area contributed by atoms with Crippen LogP contribution in [-0.4, -0.2) is 4.68 Å². The first-order valence-electron chi connectivity index (χ1n) is 17.0. The Kier molecular flexibility index (Phi) is 3.75. The lowest BCUT2D eigenvalue weighted by Gasteiger charge is -2.52. The fourth-order valence-corrected chi connectivity index (χ4v) is 10.8. The molecule has 6 aliphatic heterocycles. The van der Waals surface area contributed by atoms with Crippen molar-refractivity contribution < 1.29 is 9.25 Å². The average Bonchev–Trinajstić information content (AvgIpc) is 3.66. The minimum absolute atomic E-state index is 0.161. The molecule has 47 heavy (non-hydrogen) atoms. The SMILES string of the molecule is CC1(C)c2cccc3c2N2c4c1ccc1c4C4(c5c(ccc6c5N1c1ccccc1C6(C)C)-n1ccc[n+]14)[n+]1cccc(c12)C3(C)C. The number of rotatable bonds is 0. The van der Waals surface area contributed by atoms with Crippen molar-refractivity contribution in [2.45, 2.75) is 63.5 Å². The Labute approximate surface area is 274 Å². The van der Waals surface area contributed by atoms with Gasteiger partial charge in [0.15, 0.2) is 5.69 Å². The number of pyridine rings is 1.